The van der Waals surface area contributed by atoms with Gasteiger partial charge in [0.05, 0.1) is 7.11 Å². The summed E-state index contributed by atoms with van der Waals surface area (Å²) in [4.78, 5) is 23.7. The molecule has 0 saturated carbocycles. The Morgan fingerprint density at radius 2 is 1.90 bits per heavy atom. The molecule has 0 amide bonds. The Bertz CT molecular complexity index is 942. The number of ether oxygens (including phenoxy) is 1. The van der Waals surface area contributed by atoms with E-state index in [-0.39, 0.29) is 28.0 Å². The van der Waals surface area contributed by atoms with Crippen molar-refractivity contribution in [3.63, 3.8) is 0 Å². The molecule has 6 nitrogen and oxygen atoms in total. The van der Waals surface area contributed by atoms with Gasteiger partial charge in [-0.15, -0.1) is 0 Å². The van der Waals surface area contributed by atoms with E-state index < -0.39 is 11.6 Å². The van der Waals surface area contributed by atoms with Crippen molar-refractivity contribution in [3.05, 3.63) is 46.3 Å². The van der Waals surface area contributed by atoms with E-state index in [1.165, 1.54) is 13.2 Å². The highest BCUT2D eigenvalue weighted by Gasteiger charge is 2.21. The monoisotopic (exact) mass is 285 g/mol. The maximum Gasteiger partial charge on any atom is 0.360 e. The second-order valence-corrected chi connectivity index (χ2v) is 4.49. The Morgan fingerprint density at radius 1 is 1.24 bits per heavy atom. The first kappa shape index (κ1) is 13.0. The quantitative estimate of drug-likeness (QED) is 0.403. The molecule has 0 spiro atoms. The van der Waals surface area contributed by atoms with Gasteiger partial charge < -0.3 is 20.0 Å². The molecule has 0 bridgehead atoms. The van der Waals surface area contributed by atoms with Gasteiger partial charge in [0.1, 0.15) is 22.6 Å². The van der Waals surface area contributed by atoms with Crippen molar-refractivity contribution >= 4 is 33.4 Å². The van der Waals surface area contributed by atoms with Crippen LogP contribution in [0.15, 0.2) is 39.5 Å². The fraction of sp³-hybridized carbons (Fsp3) is 0.0667. The molecule has 0 atom stereocenters. The first-order chi connectivity index (χ1) is 10.0. The molecule has 1 heterocycles. The maximum atomic E-state index is 11.9. The molecule has 106 valence electrons. The number of phenolic OH excluding ortho intramolecular Hbond substituents is 1. The second kappa shape index (κ2) is 4.52. The number of benzene rings is 2. The Labute approximate surface area is 118 Å². The van der Waals surface area contributed by atoms with Crippen LogP contribution in [0.1, 0.15) is 10.4 Å². The first-order valence-corrected chi connectivity index (χ1v) is 6.10. The smallest absolute Gasteiger partial charge is 0.360 e. The van der Waals surface area contributed by atoms with Crippen molar-refractivity contribution in [1.82, 2.24) is 0 Å². The lowest BCUT2D eigenvalue weighted by Gasteiger charge is -2.10. The lowest BCUT2D eigenvalue weighted by atomic mass is 10.0. The third kappa shape index (κ3) is 1.80. The molecule has 3 aromatic rings. The highest BCUT2D eigenvalue weighted by Crippen LogP contribution is 2.34. The average Bonchev–Trinajstić information content (AvgIpc) is 2.49. The van der Waals surface area contributed by atoms with Crippen molar-refractivity contribution in [1.29, 1.82) is 0 Å². The van der Waals surface area contributed by atoms with Gasteiger partial charge in [0.2, 0.25) is 0 Å². The number of methoxy groups -OCH3 is 1. The summed E-state index contributed by atoms with van der Waals surface area (Å²) < 4.78 is 9.85. The van der Waals surface area contributed by atoms with E-state index in [1.807, 2.05) is 0 Å². The van der Waals surface area contributed by atoms with Crippen molar-refractivity contribution in [3.8, 4) is 5.75 Å². The molecular weight excluding hydrogens is 274 g/mol. The lowest BCUT2D eigenvalue weighted by Crippen LogP contribution is -2.15. The Balaban J connectivity index is 2.61. The number of fused-ring (bicyclic) bond motifs is 3. The van der Waals surface area contributed by atoms with Crippen LogP contribution in [-0.2, 0) is 4.74 Å². The van der Waals surface area contributed by atoms with Gasteiger partial charge in [-0.2, -0.15) is 0 Å². The lowest BCUT2D eigenvalue weighted by molar-refractivity contribution is 0.0603. The summed E-state index contributed by atoms with van der Waals surface area (Å²) in [6, 6.07) is 8.17. The van der Waals surface area contributed by atoms with Gasteiger partial charge in [-0.05, 0) is 6.07 Å². The van der Waals surface area contributed by atoms with Crippen molar-refractivity contribution in [2.75, 3.05) is 12.8 Å². The maximum absolute atomic E-state index is 11.9. The molecule has 3 rings (SSSR count). The minimum Gasteiger partial charge on any atom is -0.507 e. The zero-order chi connectivity index (χ0) is 15.1. The van der Waals surface area contributed by atoms with E-state index in [0.29, 0.717) is 10.8 Å². The molecule has 21 heavy (non-hydrogen) atoms. The summed E-state index contributed by atoms with van der Waals surface area (Å²) in [6.07, 6.45) is 0. The van der Waals surface area contributed by atoms with Crippen LogP contribution in [0.3, 0.4) is 0 Å². The van der Waals surface area contributed by atoms with Crippen LogP contribution in [0.4, 0.5) is 5.69 Å². The van der Waals surface area contributed by atoms with E-state index in [1.54, 1.807) is 24.3 Å². The molecule has 0 aliphatic rings. The van der Waals surface area contributed by atoms with Crippen molar-refractivity contribution < 1.29 is 19.1 Å². The zero-order valence-corrected chi connectivity index (χ0v) is 11.0. The predicted molar refractivity (Wildman–Crippen MR) is 77.4 cm³/mol. The molecule has 6 heteroatoms. The predicted octanol–water partition coefficient (Wildman–Crippen LogP) is 2.02. The van der Waals surface area contributed by atoms with Gasteiger partial charge in [-0.1, -0.05) is 24.3 Å². The number of esters is 1. The molecule has 0 saturated heterocycles. The number of hydrogen-bond donors (Lipinski definition) is 2. The van der Waals surface area contributed by atoms with Crippen LogP contribution < -0.4 is 11.4 Å². The number of phenols is 1. The number of aromatic hydroxyl groups is 1. The molecule has 2 aromatic carbocycles. The summed E-state index contributed by atoms with van der Waals surface area (Å²) in [6.45, 7) is 0. The number of nitrogens with two attached hydrogens (primary N) is 1. The van der Waals surface area contributed by atoms with Crippen molar-refractivity contribution in [2.24, 2.45) is 0 Å². The highest BCUT2D eigenvalue weighted by molar-refractivity contribution is 6.15. The topological polar surface area (TPSA) is 103 Å². The van der Waals surface area contributed by atoms with Gasteiger partial charge in [-0.3, -0.25) is 0 Å². The van der Waals surface area contributed by atoms with Gasteiger partial charge in [-0.25, -0.2) is 9.59 Å². The van der Waals surface area contributed by atoms with Crippen LogP contribution in [0, 0.1) is 0 Å². The van der Waals surface area contributed by atoms with Gasteiger partial charge in [0.25, 0.3) is 0 Å². The Hall–Kier alpha value is -3.02. The second-order valence-electron chi connectivity index (χ2n) is 4.49. The number of hydrogen-bond acceptors (Lipinski definition) is 6. The summed E-state index contributed by atoms with van der Waals surface area (Å²) in [5.74, 6) is -0.809. The minimum absolute atomic E-state index is 0.0449. The standard InChI is InChI=1S/C15H11NO5/c1-20-14(18)11-9-6-10(17)7-4-2-3-5-8(7)13(9)21-15(19)12(11)16/h2-6,17H,16H2,1H3. The molecule has 3 N–H and O–H groups in total. The summed E-state index contributed by atoms with van der Waals surface area (Å²) in [7, 11) is 1.18. The third-order valence-corrected chi connectivity index (χ3v) is 3.32. The van der Waals surface area contributed by atoms with E-state index in [9.17, 15) is 14.7 Å². The minimum atomic E-state index is -0.821. The van der Waals surface area contributed by atoms with Gasteiger partial charge in [0, 0.05) is 16.2 Å². The Kier molecular flexibility index (Phi) is 2.79. The number of carbonyl (C=O) groups is 1. The van der Waals surface area contributed by atoms with Crippen LogP contribution in [0.2, 0.25) is 0 Å². The fourth-order valence-corrected chi connectivity index (χ4v) is 2.34. The molecule has 1 aromatic heterocycles. The summed E-state index contributed by atoms with van der Waals surface area (Å²) >= 11 is 0. The zero-order valence-electron chi connectivity index (χ0n) is 11.0. The highest BCUT2D eigenvalue weighted by atomic mass is 16.5. The van der Waals surface area contributed by atoms with Crippen molar-refractivity contribution in [2.45, 2.75) is 0 Å². The van der Waals surface area contributed by atoms with Crippen LogP contribution in [0.5, 0.6) is 5.75 Å². The third-order valence-electron chi connectivity index (χ3n) is 3.32. The van der Waals surface area contributed by atoms with E-state index in [2.05, 4.69) is 4.74 Å². The first-order valence-electron chi connectivity index (χ1n) is 6.10. The molecule has 0 fully saturated rings. The number of carbonyl (C=O) groups excluding carboxylic acids is 1. The largest absolute Gasteiger partial charge is 0.507 e. The van der Waals surface area contributed by atoms with E-state index in [4.69, 9.17) is 10.2 Å². The molecule has 0 aliphatic carbocycles. The Morgan fingerprint density at radius 3 is 2.57 bits per heavy atom. The van der Waals surface area contributed by atoms with Gasteiger partial charge in [0.15, 0.2) is 0 Å². The summed E-state index contributed by atoms with van der Waals surface area (Å²) in [5, 5.41) is 11.3. The SMILES string of the molecule is COC(=O)c1c(N)c(=O)oc2c1cc(O)c1ccccc12. The van der Waals surface area contributed by atoms with Gasteiger partial charge >= 0.3 is 11.6 Å². The number of anilines is 1. The van der Waals surface area contributed by atoms with E-state index >= 15 is 0 Å². The van der Waals surface area contributed by atoms with E-state index in [0.717, 1.165) is 0 Å². The molecule has 0 aliphatic heterocycles. The van der Waals surface area contributed by atoms with Crippen LogP contribution in [-0.4, -0.2) is 18.2 Å². The molecule has 0 unspecified atom stereocenters. The average molecular weight is 285 g/mol. The van der Waals surface area contributed by atoms with Crippen LogP contribution >= 0.6 is 0 Å². The number of nitrogen functional groups attached to an aromatic ring is 1. The fourth-order valence-electron chi connectivity index (χ4n) is 2.34. The summed E-state index contributed by atoms with van der Waals surface area (Å²) in [5.41, 5.74) is 4.54. The molecule has 0 radical (unpaired) electrons. The molecular formula is C15H11NO5. The van der Waals surface area contributed by atoms with Crippen LogP contribution in [0.25, 0.3) is 21.7 Å². The normalized spacial score (nSPS) is 10.9. The number of rotatable bonds is 1.